The van der Waals surface area contributed by atoms with E-state index in [-0.39, 0.29) is 25.6 Å². The van der Waals surface area contributed by atoms with Crippen molar-refractivity contribution in [3.63, 3.8) is 0 Å². The van der Waals surface area contributed by atoms with Gasteiger partial charge in [-0.05, 0) is 58.3 Å². The molecule has 0 aliphatic heterocycles. The molecule has 2 unspecified atom stereocenters. The predicted octanol–water partition coefficient (Wildman–Crippen LogP) is 16.3. The van der Waals surface area contributed by atoms with Crippen LogP contribution in [0.25, 0.3) is 0 Å². The molecule has 0 bridgehead atoms. The zero-order valence-corrected chi connectivity index (χ0v) is 40.3. The predicted molar refractivity (Wildman–Crippen MR) is 253 cm³/mol. The number of allylic oxidation sites excluding steroid dienone is 6. The summed E-state index contributed by atoms with van der Waals surface area (Å²) in [7, 11) is -4.29. The Morgan fingerprint density at radius 3 is 1.23 bits per heavy atom. The normalized spacial score (nSPS) is 13.5. The molecule has 2 atom stereocenters. The molecule has 0 heterocycles. The number of hydrogen-bond acceptors (Lipinski definition) is 7. The number of phosphoric ester groups is 1. The van der Waals surface area contributed by atoms with Crippen molar-refractivity contribution in [1.29, 1.82) is 0 Å². The number of unbranched alkanes of at least 4 members (excludes halogenated alkanes) is 29. The second-order valence-corrected chi connectivity index (χ2v) is 18.3. The van der Waals surface area contributed by atoms with Crippen LogP contribution >= 0.6 is 7.82 Å². The molecule has 352 valence electrons. The van der Waals surface area contributed by atoms with Gasteiger partial charge in [-0.15, -0.1) is 0 Å². The molecule has 60 heavy (non-hydrogen) atoms. The number of rotatable bonds is 47. The highest BCUT2D eigenvalue weighted by Crippen LogP contribution is 2.43. The maximum atomic E-state index is 12.6. The summed E-state index contributed by atoms with van der Waals surface area (Å²) in [6, 6.07) is 0. The van der Waals surface area contributed by atoms with Gasteiger partial charge in [0, 0.05) is 12.8 Å². The maximum absolute atomic E-state index is 12.6. The molecule has 0 rings (SSSR count). The van der Waals surface area contributed by atoms with E-state index < -0.39 is 26.5 Å². The van der Waals surface area contributed by atoms with Gasteiger partial charge in [-0.25, -0.2) is 4.57 Å². The third kappa shape index (κ3) is 45.8. The van der Waals surface area contributed by atoms with Crippen molar-refractivity contribution in [3.8, 4) is 0 Å². The molecule has 0 aromatic heterocycles. The van der Waals surface area contributed by atoms with Gasteiger partial charge in [-0.2, -0.15) is 0 Å². The highest BCUT2D eigenvalue weighted by atomic mass is 31.2. The number of carbonyl (C=O) groups is 2. The second kappa shape index (κ2) is 46.8. The Morgan fingerprint density at radius 1 is 0.450 bits per heavy atom. The molecule has 8 nitrogen and oxygen atoms in total. The summed E-state index contributed by atoms with van der Waals surface area (Å²) in [5, 5.41) is 0. The largest absolute Gasteiger partial charge is 0.472 e. The summed E-state index contributed by atoms with van der Waals surface area (Å²) in [6.45, 7) is 5.48. The smallest absolute Gasteiger partial charge is 0.462 e. The number of carbonyl (C=O) groups excluding carboxylic acids is 2. The first-order chi connectivity index (χ1) is 29.3. The van der Waals surface area contributed by atoms with E-state index in [1.165, 1.54) is 154 Å². The van der Waals surface area contributed by atoms with Crippen molar-refractivity contribution in [2.45, 2.75) is 258 Å². The number of ether oxygens (including phenoxy) is 2. The molecule has 0 aromatic rings. The van der Waals surface area contributed by atoms with Crippen molar-refractivity contribution < 1.29 is 37.6 Å². The van der Waals surface area contributed by atoms with Crippen LogP contribution in [0.3, 0.4) is 0 Å². The molecular formula is C51H95O8P. The molecule has 0 aromatic carbocycles. The molecule has 0 saturated heterocycles. The Hall–Kier alpha value is -1.73. The lowest BCUT2D eigenvalue weighted by atomic mass is 10.0. The lowest BCUT2D eigenvalue weighted by molar-refractivity contribution is -0.161. The van der Waals surface area contributed by atoms with E-state index in [9.17, 15) is 19.0 Å². The van der Waals surface area contributed by atoms with Gasteiger partial charge in [-0.3, -0.25) is 18.6 Å². The average molecular weight is 867 g/mol. The van der Waals surface area contributed by atoms with Gasteiger partial charge in [0.25, 0.3) is 0 Å². The van der Waals surface area contributed by atoms with Crippen LogP contribution in [-0.2, 0) is 32.7 Å². The topological polar surface area (TPSA) is 108 Å². The van der Waals surface area contributed by atoms with Crippen LogP contribution in [0, 0.1) is 0 Å². The van der Waals surface area contributed by atoms with E-state index in [2.05, 4.69) is 50.3 Å². The van der Waals surface area contributed by atoms with Gasteiger partial charge >= 0.3 is 19.8 Å². The maximum Gasteiger partial charge on any atom is 0.472 e. The van der Waals surface area contributed by atoms with E-state index >= 15 is 0 Å². The van der Waals surface area contributed by atoms with E-state index in [4.69, 9.17) is 18.5 Å². The van der Waals surface area contributed by atoms with Crippen molar-refractivity contribution in [3.05, 3.63) is 36.5 Å². The van der Waals surface area contributed by atoms with Gasteiger partial charge in [-0.1, -0.05) is 217 Å². The quantitative estimate of drug-likeness (QED) is 0.0279. The number of phosphoric acid groups is 1. The summed E-state index contributed by atoms with van der Waals surface area (Å²) >= 11 is 0. The zero-order chi connectivity index (χ0) is 43.9. The van der Waals surface area contributed by atoms with Crippen LogP contribution in [0.4, 0.5) is 0 Å². The van der Waals surface area contributed by atoms with Crippen LogP contribution < -0.4 is 0 Å². The average Bonchev–Trinajstić information content (AvgIpc) is 3.23. The lowest BCUT2D eigenvalue weighted by Gasteiger charge is -2.19. The van der Waals surface area contributed by atoms with Crippen molar-refractivity contribution in [2.24, 2.45) is 0 Å². The van der Waals surface area contributed by atoms with Crippen LogP contribution in [-0.4, -0.2) is 42.8 Å². The molecule has 0 aliphatic rings. The molecule has 0 amide bonds. The van der Waals surface area contributed by atoms with Crippen molar-refractivity contribution >= 4 is 19.8 Å². The second-order valence-electron chi connectivity index (χ2n) is 16.8. The number of esters is 2. The van der Waals surface area contributed by atoms with E-state index in [0.717, 1.165) is 57.8 Å². The SMILES string of the molecule is CCCCC/C=C\C/C=C\C/C=C\CCCCCCCCC(=O)OC(COC(=O)CCCCCCCCCCCCCCCCCCCCCCC)COP(=O)(O)OCC. The Labute approximate surface area is 370 Å². The standard InChI is InChI=1S/C51H95O8P/c1-4-7-9-11-13-15-17-19-21-23-25-26-28-29-31-33-35-37-39-41-43-45-50(52)56-47-49(48-58-60(54,55)57-6-3)59-51(53)46-44-42-40-38-36-34-32-30-27-24-22-20-18-16-14-12-10-8-5-2/h14,16,20,22,27,30,49H,4-13,15,17-19,21,23-26,28-29,31-48H2,1-3H3,(H,54,55)/b16-14-,22-20-,30-27-. The monoisotopic (exact) mass is 867 g/mol. The van der Waals surface area contributed by atoms with Gasteiger partial charge in [0.15, 0.2) is 6.10 Å². The summed E-state index contributed by atoms with van der Waals surface area (Å²) in [5.41, 5.74) is 0. The number of hydrogen-bond donors (Lipinski definition) is 1. The van der Waals surface area contributed by atoms with Crippen LogP contribution in [0.15, 0.2) is 36.5 Å². The zero-order valence-electron chi connectivity index (χ0n) is 39.4. The van der Waals surface area contributed by atoms with E-state index in [1.54, 1.807) is 6.92 Å². The molecule has 9 heteroatoms. The first-order valence-corrected chi connectivity index (χ1v) is 26.8. The Morgan fingerprint density at radius 2 is 0.800 bits per heavy atom. The summed E-state index contributed by atoms with van der Waals surface area (Å²) < 4.78 is 32.8. The Kier molecular flexibility index (Phi) is 45.4. The minimum atomic E-state index is -4.29. The van der Waals surface area contributed by atoms with Crippen LogP contribution in [0.5, 0.6) is 0 Å². The highest BCUT2D eigenvalue weighted by molar-refractivity contribution is 7.47. The fraction of sp³-hybridized carbons (Fsp3) is 0.843. The molecule has 0 saturated carbocycles. The van der Waals surface area contributed by atoms with Crippen LogP contribution in [0.1, 0.15) is 252 Å². The molecule has 0 spiro atoms. The minimum absolute atomic E-state index is 0.00139. The van der Waals surface area contributed by atoms with Crippen molar-refractivity contribution in [1.82, 2.24) is 0 Å². The van der Waals surface area contributed by atoms with Gasteiger partial charge in [0.2, 0.25) is 0 Å². The summed E-state index contributed by atoms with van der Waals surface area (Å²) in [4.78, 5) is 34.9. The molecular weight excluding hydrogens is 772 g/mol. The fourth-order valence-electron chi connectivity index (χ4n) is 7.23. The summed E-state index contributed by atoms with van der Waals surface area (Å²) in [6.07, 6.45) is 54.9. The first-order valence-electron chi connectivity index (χ1n) is 25.3. The van der Waals surface area contributed by atoms with Gasteiger partial charge in [0.1, 0.15) is 6.61 Å². The highest BCUT2D eigenvalue weighted by Gasteiger charge is 2.25. The third-order valence-electron chi connectivity index (χ3n) is 10.9. The minimum Gasteiger partial charge on any atom is -0.462 e. The summed E-state index contributed by atoms with van der Waals surface area (Å²) in [5.74, 6) is -0.801. The van der Waals surface area contributed by atoms with E-state index in [0.29, 0.717) is 12.8 Å². The first kappa shape index (κ1) is 58.3. The van der Waals surface area contributed by atoms with E-state index in [1.807, 2.05) is 0 Å². The molecule has 0 fully saturated rings. The van der Waals surface area contributed by atoms with Crippen molar-refractivity contribution in [2.75, 3.05) is 19.8 Å². The fourth-order valence-corrected chi connectivity index (χ4v) is 7.98. The van der Waals surface area contributed by atoms with Gasteiger partial charge in [0.05, 0.1) is 13.2 Å². The van der Waals surface area contributed by atoms with Crippen LogP contribution in [0.2, 0.25) is 0 Å². The molecule has 1 N–H and O–H groups in total. The van der Waals surface area contributed by atoms with Gasteiger partial charge < -0.3 is 14.4 Å². The lowest BCUT2D eigenvalue weighted by Crippen LogP contribution is -2.29. The Bertz CT molecular complexity index is 1070. The third-order valence-corrected chi connectivity index (χ3v) is 12.0. The molecule has 0 radical (unpaired) electrons. The Balaban J connectivity index is 3.99. The molecule has 0 aliphatic carbocycles.